The van der Waals surface area contributed by atoms with Crippen LogP contribution in [-0.2, 0) is 9.53 Å². The van der Waals surface area contributed by atoms with Crippen LogP contribution in [0.5, 0.6) is 0 Å². The van der Waals surface area contributed by atoms with E-state index in [1.807, 2.05) is 36.4 Å². The topological polar surface area (TPSA) is 26.3 Å². The van der Waals surface area contributed by atoms with E-state index in [0.717, 1.165) is 24.8 Å². The minimum absolute atomic E-state index is 0.180. The summed E-state index contributed by atoms with van der Waals surface area (Å²) in [6.45, 7) is 2.75. The maximum Gasteiger partial charge on any atom is 0.293 e. The van der Waals surface area contributed by atoms with Gasteiger partial charge in [0.1, 0.15) is 6.10 Å². The first kappa shape index (κ1) is 15.3. The summed E-state index contributed by atoms with van der Waals surface area (Å²) in [7, 11) is 0. The number of carbonyl (C=O) groups excluding carboxylic acids is 1. The normalized spacial score (nSPS) is 13.4. The van der Waals surface area contributed by atoms with Gasteiger partial charge in [-0.15, -0.1) is 0 Å². The van der Waals surface area contributed by atoms with Crippen LogP contribution in [0, 0.1) is 0 Å². The van der Waals surface area contributed by atoms with Crippen molar-refractivity contribution in [2.45, 2.75) is 38.2 Å². The van der Waals surface area contributed by atoms with Crippen molar-refractivity contribution in [2.24, 2.45) is 0 Å². The number of hydrogen-bond donors (Lipinski definition) is 0. The molecule has 0 N–H and O–H groups in total. The van der Waals surface area contributed by atoms with Gasteiger partial charge < -0.3 is 4.74 Å². The fraction of sp³-hybridized carbons (Fsp3) is 0.316. The Morgan fingerprint density at radius 1 is 0.952 bits per heavy atom. The van der Waals surface area contributed by atoms with E-state index < -0.39 is 0 Å². The molecule has 110 valence electrons. The van der Waals surface area contributed by atoms with Gasteiger partial charge in [0, 0.05) is 0 Å². The lowest BCUT2D eigenvalue weighted by molar-refractivity contribution is -0.134. The Balaban J connectivity index is 2.18. The molecule has 0 fully saturated rings. The molecule has 0 heterocycles. The van der Waals surface area contributed by atoms with Crippen LogP contribution >= 0.6 is 0 Å². The van der Waals surface area contributed by atoms with Crippen molar-refractivity contribution in [3.05, 3.63) is 71.8 Å². The summed E-state index contributed by atoms with van der Waals surface area (Å²) in [4.78, 5) is 10.8. The third-order valence-corrected chi connectivity index (χ3v) is 3.80. The maximum atomic E-state index is 10.8. The molecular formula is C19H22O2. The van der Waals surface area contributed by atoms with E-state index in [9.17, 15) is 4.79 Å². The number of ether oxygens (including phenoxy) is 1. The standard InChI is InChI=1S/C19H22O2/c1-2-9-18(16-10-5-3-6-11-16)14-19(21-15-20)17-12-7-4-8-13-17/h3-8,10-13,15,18-19H,2,9,14H2,1H3. The Kier molecular flexibility index (Phi) is 6.01. The van der Waals surface area contributed by atoms with Crippen LogP contribution < -0.4 is 0 Å². The highest BCUT2D eigenvalue weighted by Gasteiger charge is 2.20. The van der Waals surface area contributed by atoms with Crippen molar-refractivity contribution in [1.82, 2.24) is 0 Å². The zero-order valence-electron chi connectivity index (χ0n) is 12.4. The highest BCUT2D eigenvalue weighted by molar-refractivity contribution is 5.39. The molecule has 2 atom stereocenters. The van der Waals surface area contributed by atoms with E-state index in [-0.39, 0.29) is 6.10 Å². The van der Waals surface area contributed by atoms with Gasteiger partial charge in [0.05, 0.1) is 0 Å². The first-order valence-electron chi connectivity index (χ1n) is 7.54. The van der Waals surface area contributed by atoms with Gasteiger partial charge in [-0.2, -0.15) is 0 Å². The van der Waals surface area contributed by atoms with Gasteiger partial charge in [0.2, 0.25) is 0 Å². The summed E-state index contributed by atoms with van der Waals surface area (Å²) in [5.74, 6) is 0.404. The summed E-state index contributed by atoms with van der Waals surface area (Å²) in [6.07, 6.45) is 2.85. The van der Waals surface area contributed by atoms with E-state index >= 15 is 0 Å². The van der Waals surface area contributed by atoms with Crippen molar-refractivity contribution in [3.8, 4) is 0 Å². The molecule has 21 heavy (non-hydrogen) atoms. The molecule has 2 nitrogen and oxygen atoms in total. The Morgan fingerprint density at radius 2 is 1.52 bits per heavy atom. The van der Waals surface area contributed by atoms with Crippen LogP contribution in [0.2, 0.25) is 0 Å². The quantitative estimate of drug-likeness (QED) is 0.645. The average Bonchev–Trinajstić information content (AvgIpc) is 2.55. The van der Waals surface area contributed by atoms with Gasteiger partial charge >= 0.3 is 0 Å². The molecule has 0 aromatic heterocycles. The van der Waals surface area contributed by atoms with Crippen molar-refractivity contribution in [3.63, 3.8) is 0 Å². The van der Waals surface area contributed by atoms with Crippen LogP contribution in [0.15, 0.2) is 60.7 Å². The molecule has 2 aromatic rings. The molecule has 0 spiro atoms. The Hall–Kier alpha value is -2.09. The third-order valence-electron chi connectivity index (χ3n) is 3.80. The number of carbonyl (C=O) groups is 1. The summed E-state index contributed by atoms with van der Waals surface area (Å²) in [5.41, 5.74) is 2.37. The highest BCUT2D eigenvalue weighted by atomic mass is 16.5. The summed E-state index contributed by atoms with van der Waals surface area (Å²) >= 11 is 0. The predicted molar refractivity (Wildman–Crippen MR) is 85.0 cm³/mol. The Morgan fingerprint density at radius 3 is 2.05 bits per heavy atom. The average molecular weight is 282 g/mol. The minimum Gasteiger partial charge on any atom is -0.460 e. The molecular weight excluding hydrogens is 260 g/mol. The predicted octanol–water partition coefficient (Wildman–Crippen LogP) is 4.87. The second-order valence-corrected chi connectivity index (χ2v) is 5.26. The molecule has 0 aliphatic carbocycles. The van der Waals surface area contributed by atoms with E-state index in [1.165, 1.54) is 5.56 Å². The molecule has 2 heteroatoms. The summed E-state index contributed by atoms with van der Waals surface area (Å²) < 4.78 is 5.35. The number of rotatable bonds is 8. The molecule has 0 saturated heterocycles. The van der Waals surface area contributed by atoms with Crippen LogP contribution in [0.1, 0.15) is 49.3 Å². The van der Waals surface area contributed by atoms with E-state index in [4.69, 9.17) is 4.74 Å². The van der Waals surface area contributed by atoms with E-state index in [1.54, 1.807) is 0 Å². The fourth-order valence-corrected chi connectivity index (χ4v) is 2.76. The monoisotopic (exact) mass is 282 g/mol. The van der Waals surface area contributed by atoms with Crippen LogP contribution in [-0.4, -0.2) is 6.47 Å². The van der Waals surface area contributed by atoms with Gasteiger partial charge in [-0.25, -0.2) is 0 Å². The largest absolute Gasteiger partial charge is 0.460 e. The molecule has 2 rings (SSSR count). The second-order valence-electron chi connectivity index (χ2n) is 5.26. The van der Waals surface area contributed by atoms with Gasteiger partial charge in [0.25, 0.3) is 6.47 Å². The minimum atomic E-state index is -0.180. The van der Waals surface area contributed by atoms with Crippen molar-refractivity contribution >= 4 is 6.47 Å². The van der Waals surface area contributed by atoms with Gasteiger partial charge in [-0.3, -0.25) is 4.79 Å². The SMILES string of the molecule is CCCC(CC(OC=O)c1ccccc1)c1ccccc1. The van der Waals surface area contributed by atoms with Crippen molar-refractivity contribution < 1.29 is 9.53 Å². The lowest BCUT2D eigenvalue weighted by atomic mass is 9.87. The molecule has 2 unspecified atom stereocenters. The lowest BCUT2D eigenvalue weighted by Crippen LogP contribution is -2.10. The molecule has 0 aliphatic rings. The highest BCUT2D eigenvalue weighted by Crippen LogP contribution is 2.33. The van der Waals surface area contributed by atoms with Gasteiger partial charge in [-0.05, 0) is 29.9 Å². The molecule has 0 radical (unpaired) electrons. The van der Waals surface area contributed by atoms with E-state index in [0.29, 0.717) is 12.4 Å². The van der Waals surface area contributed by atoms with Crippen LogP contribution in [0.3, 0.4) is 0 Å². The van der Waals surface area contributed by atoms with Crippen LogP contribution in [0.4, 0.5) is 0 Å². The van der Waals surface area contributed by atoms with Crippen molar-refractivity contribution in [2.75, 3.05) is 0 Å². The molecule has 2 aromatic carbocycles. The Labute approximate surface area is 126 Å². The fourth-order valence-electron chi connectivity index (χ4n) is 2.76. The first-order valence-corrected chi connectivity index (χ1v) is 7.54. The Bertz CT molecular complexity index is 522. The van der Waals surface area contributed by atoms with Crippen LogP contribution in [0.25, 0.3) is 0 Å². The van der Waals surface area contributed by atoms with Crippen molar-refractivity contribution in [1.29, 1.82) is 0 Å². The van der Waals surface area contributed by atoms with Gasteiger partial charge in [0.15, 0.2) is 0 Å². The summed E-state index contributed by atoms with van der Waals surface area (Å²) in [5, 5.41) is 0. The summed E-state index contributed by atoms with van der Waals surface area (Å²) in [6, 6.07) is 20.4. The first-order chi connectivity index (χ1) is 10.3. The lowest BCUT2D eigenvalue weighted by Gasteiger charge is -2.23. The maximum absolute atomic E-state index is 10.8. The molecule has 0 amide bonds. The zero-order valence-corrected chi connectivity index (χ0v) is 12.4. The van der Waals surface area contributed by atoms with E-state index in [2.05, 4.69) is 31.2 Å². The number of hydrogen-bond acceptors (Lipinski definition) is 2. The smallest absolute Gasteiger partial charge is 0.293 e. The van der Waals surface area contributed by atoms with Gasteiger partial charge in [-0.1, -0.05) is 74.0 Å². The molecule has 0 bridgehead atoms. The zero-order chi connectivity index (χ0) is 14.9. The number of benzene rings is 2. The second kappa shape index (κ2) is 8.25. The third kappa shape index (κ3) is 4.45. The molecule has 0 aliphatic heterocycles. The molecule has 0 saturated carbocycles.